The fourth-order valence-corrected chi connectivity index (χ4v) is 4.17. The standard InChI is InChI=1S/C19H21ClN4O3/c20-12-18(26)22-8-4-13(5-9-22)23-10-6-14-15(23)2-1-3-16(14)24-11-7-17(25)21-19(24)27/h1-3,6,10,13H,4-5,7-9,11-12H2,(H,21,25,27). The summed E-state index contributed by atoms with van der Waals surface area (Å²) in [5.74, 6) is -0.222. The summed E-state index contributed by atoms with van der Waals surface area (Å²) in [5, 5.41) is 3.36. The lowest BCUT2D eigenvalue weighted by Crippen LogP contribution is -2.49. The van der Waals surface area contributed by atoms with E-state index in [1.54, 1.807) is 4.90 Å². The Bertz CT molecular complexity index is 901. The van der Waals surface area contributed by atoms with Gasteiger partial charge in [-0.3, -0.25) is 19.8 Å². The van der Waals surface area contributed by atoms with Gasteiger partial charge in [0, 0.05) is 43.7 Å². The van der Waals surface area contributed by atoms with Crippen LogP contribution in [0.25, 0.3) is 10.9 Å². The molecule has 142 valence electrons. The maximum Gasteiger partial charge on any atom is 0.328 e. The highest BCUT2D eigenvalue weighted by Crippen LogP contribution is 2.33. The summed E-state index contributed by atoms with van der Waals surface area (Å²) in [7, 11) is 0. The molecular weight excluding hydrogens is 368 g/mol. The molecule has 0 saturated carbocycles. The van der Waals surface area contributed by atoms with E-state index < -0.39 is 0 Å². The normalized spacial score (nSPS) is 18.9. The quantitative estimate of drug-likeness (QED) is 0.821. The molecule has 3 heterocycles. The van der Waals surface area contributed by atoms with Crippen molar-refractivity contribution in [1.82, 2.24) is 14.8 Å². The summed E-state index contributed by atoms with van der Waals surface area (Å²) in [6, 6.07) is 7.83. The number of halogens is 1. The van der Waals surface area contributed by atoms with Gasteiger partial charge >= 0.3 is 6.03 Å². The van der Waals surface area contributed by atoms with Crippen molar-refractivity contribution in [2.45, 2.75) is 25.3 Å². The van der Waals surface area contributed by atoms with Crippen molar-refractivity contribution in [3.63, 3.8) is 0 Å². The minimum Gasteiger partial charge on any atom is -0.344 e. The second kappa shape index (κ2) is 7.23. The van der Waals surface area contributed by atoms with E-state index in [4.69, 9.17) is 11.6 Å². The van der Waals surface area contributed by atoms with Gasteiger partial charge in [-0.2, -0.15) is 0 Å². The van der Waals surface area contributed by atoms with Crippen LogP contribution in [-0.4, -0.2) is 52.8 Å². The van der Waals surface area contributed by atoms with E-state index in [1.807, 2.05) is 35.4 Å². The number of likely N-dealkylation sites (tertiary alicyclic amines) is 1. The first-order chi connectivity index (χ1) is 13.1. The van der Waals surface area contributed by atoms with Gasteiger partial charge < -0.3 is 9.47 Å². The number of anilines is 1. The molecule has 0 unspecified atom stereocenters. The number of hydrogen-bond donors (Lipinski definition) is 1. The Labute approximate surface area is 161 Å². The predicted molar refractivity (Wildman–Crippen MR) is 103 cm³/mol. The van der Waals surface area contributed by atoms with Gasteiger partial charge in [0.05, 0.1) is 11.2 Å². The first-order valence-electron chi connectivity index (χ1n) is 9.13. The average molecular weight is 389 g/mol. The van der Waals surface area contributed by atoms with Gasteiger partial charge in [0.2, 0.25) is 11.8 Å². The number of aromatic nitrogens is 1. The Morgan fingerprint density at radius 2 is 1.93 bits per heavy atom. The zero-order valence-electron chi connectivity index (χ0n) is 14.9. The fourth-order valence-electron chi connectivity index (χ4n) is 4.00. The van der Waals surface area contributed by atoms with Crippen molar-refractivity contribution < 1.29 is 14.4 Å². The van der Waals surface area contributed by atoms with E-state index in [-0.39, 0.29) is 23.7 Å². The lowest BCUT2D eigenvalue weighted by molar-refractivity contribution is -0.129. The number of nitrogens with one attached hydrogen (secondary N) is 1. The third-order valence-electron chi connectivity index (χ3n) is 5.41. The van der Waals surface area contributed by atoms with E-state index in [9.17, 15) is 14.4 Å². The molecule has 2 aromatic rings. The highest BCUT2D eigenvalue weighted by Gasteiger charge is 2.27. The van der Waals surface area contributed by atoms with Crippen molar-refractivity contribution in [3.8, 4) is 0 Å². The second-order valence-corrected chi connectivity index (χ2v) is 7.20. The van der Waals surface area contributed by atoms with Crippen LogP contribution in [0.1, 0.15) is 25.3 Å². The van der Waals surface area contributed by atoms with Crippen LogP contribution >= 0.6 is 11.6 Å². The third kappa shape index (κ3) is 3.27. The van der Waals surface area contributed by atoms with E-state index in [0.29, 0.717) is 32.1 Å². The number of carbonyl (C=O) groups is 3. The first kappa shape index (κ1) is 17.9. The molecule has 0 aliphatic carbocycles. The number of fused-ring (bicyclic) bond motifs is 1. The number of amides is 4. The lowest BCUT2D eigenvalue weighted by atomic mass is 10.0. The van der Waals surface area contributed by atoms with Crippen molar-refractivity contribution in [1.29, 1.82) is 0 Å². The summed E-state index contributed by atoms with van der Waals surface area (Å²) >= 11 is 5.66. The summed E-state index contributed by atoms with van der Waals surface area (Å²) in [4.78, 5) is 38.8. The lowest BCUT2D eigenvalue weighted by Gasteiger charge is -2.33. The molecule has 2 aliphatic rings. The van der Waals surface area contributed by atoms with E-state index in [2.05, 4.69) is 9.88 Å². The van der Waals surface area contributed by atoms with Crippen LogP contribution in [0.15, 0.2) is 30.5 Å². The Morgan fingerprint density at radius 3 is 2.63 bits per heavy atom. The van der Waals surface area contributed by atoms with Crippen LogP contribution < -0.4 is 10.2 Å². The van der Waals surface area contributed by atoms with Gasteiger partial charge in [-0.25, -0.2) is 4.79 Å². The highest BCUT2D eigenvalue weighted by molar-refractivity contribution is 6.27. The van der Waals surface area contributed by atoms with Crippen LogP contribution in [0.2, 0.25) is 0 Å². The summed E-state index contributed by atoms with van der Waals surface area (Å²) in [6.45, 7) is 1.78. The van der Waals surface area contributed by atoms with Gasteiger partial charge in [-0.1, -0.05) is 6.07 Å². The van der Waals surface area contributed by atoms with Gasteiger partial charge in [0.25, 0.3) is 0 Å². The molecule has 0 radical (unpaired) electrons. The Kier molecular flexibility index (Phi) is 4.78. The molecule has 8 heteroatoms. The molecule has 0 spiro atoms. The number of benzene rings is 1. The second-order valence-electron chi connectivity index (χ2n) is 6.93. The summed E-state index contributed by atoms with van der Waals surface area (Å²) in [6.07, 6.45) is 4.09. The number of carbonyl (C=O) groups excluding carboxylic acids is 3. The molecule has 0 bridgehead atoms. The van der Waals surface area contributed by atoms with E-state index in [1.165, 1.54) is 0 Å². The van der Waals surface area contributed by atoms with Crippen LogP contribution in [0, 0.1) is 0 Å². The summed E-state index contributed by atoms with van der Waals surface area (Å²) in [5.41, 5.74) is 1.87. The Hall–Kier alpha value is -2.54. The average Bonchev–Trinajstić information content (AvgIpc) is 3.12. The van der Waals surface area contributed by atoms with Crippen molar-refractivity contribution in [2.24, 2.45) is 0 Å². The fraction of sp³-hybridized carbons (Fsp3) is 0.421. The SMILES string of the molecule is O=C1CCN(c2cccc3c2ccn3C2CCN(C(=O)CCl)CC2)C(=O)N1. The molecule has 7 nitrogen and oxygen atoms in total. The molecule has 1 aromatic carbocycles. The predicted octanol–water partition coefficient (Wildman–Crippen LogP) is 2.49. The minimum absolute atomic E-state index is 0.0135. The molecule has 2 fully saturated rings. The first-order valence-corrected chi connectivity index (χ1v) is 9.66. The molecule has 4 rings (SSSR count). The minimum atomic E-state index is -0.376. The molecule has 1 N–H and O–H groups in total. The molecular formula is C19H21ClN4O3. The smallest absolute Gasteiger partial charge is 0.328 e. The van der Waals surface area contributed by atoms with Crippen LogP contribution in [0.5, 0.6) is 0 Å². The topological polar surface area (TPSA) is 74.7 Å². The van der Waals surface area contributed by atoms with E-state index >= 15 is 0 Å². The van der Waals surface area contributed by atoms with Crippen molar-refractivity contribution in [2.75, 3.05) is 30.4 Å². The van der Waals surface area contributed by atoms with Gasteiger partial charge in [-0.15, -0.1) is 11.6 Å². The molecule has 0 atom stereocenters. The number of urea groups is 1. The number of rotatable bonds is 3. The van der Waals surface area contributed by atoms with Gasteiger partial charge in [0.1, 0.15) is 5.88 Å². The number of piperidine rings is 1. The molecule has 2 aliphatic heterocycles. The zero-order chi connectivity index (χ0) is 19.0. The van der Waals surface area contributed by atoms with E-state index in [0.717, 1.165) is 29.4 Å². The van der Waals surface area contributed by atoms with Crippen molar-refractivity contribution in [3.05, 3.63) is 30.5 Å². The van der Waals surface area contributed by atoms with Gasteiger partial charge in [-0.05, 0) is 31.0 Å². The third-order valence-corrected chi connectivity index (χ3v) is 5.64. The number of alkyl halides is 1. The van der Waals surface area contributed by atoms with Gasteiger partial charge in [0.15, 0.2) is 0 Å². The van der Waals surface area contributed by atoms with Crippen molar-refractivity contribution >= 4 is 46.0 Å². The molecule has 1 aromatic heterocycles. The molecule has 4 amide bonds. The number of imide groups is 1. The molecule has 27 heavy (non-hydrogen) atoms. The summed E-state index contributed by atoms with van der Waals surface area (Å²) < 4.78 is 2.23. The molecule has 2 saturated heterocycles. The van der Waals surface area contributed by atoms with Crippen LogP contribution in [-0.2, 0) is 9.59 Å². The number of nitrogens with zero attached hydrogens (tertiary/aromatic N) is 3. The maximum atomic E-state index is 12.2. The largest absolute Gasteiger partial charge is 0.344 e. The highest BCUT2D eigenvalue weighted by atomic mass is 35.5. The van der Waals surface area contributed by atoms with Crippen LogP contribution in [0.4, 0.5) is 10.5 Å². The monoisotopic (exact) mass is 388 g/mol. The zero-order valence-corrected chi connectivity index (χ0v) is 15.6. The maximum absolute atomic E-state index is 12.2. The Morgan fingerprint density at radius 1 is 1.15 bits per heavy atom. The Balaban J connectivity index is 1.59. The number of hydrogen-bond acceptors (Lipinski definition) is 3. The van der Waals surface area contributed by atoms with Crippen LogP contribution in [0.3, 0.4) is 0 Å².